The molecule has 0 bridgehead atoms. The molecule has 1 unspecified atom stereocenters. The van der Waals surface area contributed by atoms with Crippen molar-refractivity contribution >= 4 is 52.3 Å². The molecule has 0 saturated carbocycles. The second kappa shape index (κ2) is 6.84. The Labute approximate surface area is 142 Å². The van der Waals surface area contributed by atoms with Crippen molar-refractivity contribution in [1.82, 2.24) is 10.3 Å². The molecule has 7 heteroatoms. The van der Waals surface area contributed by atoms with Gasteiger partial charge in [0, 0.05) is 0 Å². The van der Waals surface area contributed by atoms with Gasteiger partial charge in [0.15, 0.2) is 0 Å². The summed E-state index contributed by atoms with van der Waals surface area (Å²) in [6, 6.07) is 9.27. The predicted octanol–water partition coefficient (Wildman–Crippen LogP) is 5.19. The minimum absolute atomic E-state index is 0.0100. The van der Waals surface area contributed by atoms with Crippen LogP contribution in [0.5, 0.6) is 0 Å². The summed E-state index contributed by atoms with van der Waals surface area (Å²) in [6.45, 7) is 1.85. The van der Waals surface area contributed by atoms with Crippen LogP contribution in [0.25, 0.3) is 0 Å². The van der Waals surface area contributed by atoms with Crippen LogP contribution in [0.4, 0.5) is 0 Å². The van der Waals surface area contributed by atoms with E-state index in [1.54, 1.807) is 0 Å². The first-order valence-electron chi connectivity index (χ1n) is 5.97. The number of rotatable bonds is 3. The number of nitrogens with one attached hydrogen (secondary N) is 1. The SMILES string of the molecule is CC(NC(=O)c1nc(Cl)c(Cl)c(Cl)c1Cl)c1ccccc1. The fourth-order valence-corrected chi connectivity index (χ4v) is 2.54. The van der Waals surface area contributed by atoms with Crippen molar-refractivity contribution in [2.75, 3.05) is 0 Å². The van der Waals surface area contributed by atoms with Crippen molar-refractivity contribution in [3.05, 3.63) is 61.8 Å². The average Bonchev–Trinajstić information content (AvgIpc) is 2.49. The lowest BCUT2D eigenvalue weighted by molar-refractivity contribution is 0.0935. The first-order chi connectivity index (χ1) is 9.91. The maximum absolute atomic E-state index is 12.2. The third kappa shape index (κ3) is 3.61. The maximum atomic E-state index is 12.2. The van der Waals surface area contributed by atoms with Gasteiger partial charge in [-0.2, -0.15) is 0 Å². The molecule has 1 heterocycles. The molecule has 0 aliphatic heterocycles. The summed E-state index contributed by atoms with van der Waals surface area (Å²) in [5.41, 5.74) is 0.895. The van der Waals surface area contributed by atoms with Crippen LogP contribution in [0.15, 0.2) is 30.3 Å². The van der Waals surface area contributed by atoms with E-state index in [9.17, 15) is 4.79 Å². The number of halogens is 4. The van der Waals surface area contributed by atoms with Crippen LogP contribution >= 0.6 is 46.4 Å². The second-order valence-electron chi connectivity index (χ2n) is 4.30. The van der Waals surface area contributed by atoms with E-state index in [4.69, 9.17) is 46.4 Å². The summed E-state index contributed by atoms with van der Waals surface area (Å²) in [5.74, 6) is -0.475. The van der Waals surface area contributed by atoms with Crippen molar-refractivity contribution < 1.29 is 4.79 Å². The largest absolute Gasteiger partial charge is 0.344 e. The van der Waals surface area contributed by atoms with E-state index >= 15 is 0 Å². The van der Waals surface area contributed by atoms with Crippen molar-refractivity contribution in [2.45, 2.75) is 13.0 Å². The van der Waals surface area contributed by atoms with Gasteiger partial charge in [0.05, 0.1) is 21.1 Å². The number of hydrogen-bond acceptors (Lipinski definition) is 2. The van der Waals surface area contributed by atoms with Gasteiger partial charge in [-0.25, -0.2) is 4.98 Å². The standard InChI is InChI=1S/C14H10Cl4N2O/c1-7(8-5-3-2-4-6-8)19-14(21)12-10(16)9(15)11(17)13(18)20-12/h2-7H,1H3,(H,19,21). The first kappa shape index (κ1) is 16.4. The van der Waals surface area contributed by atoms with E-state index in [2.05, 4.69) is 10.3 Å². The molecule has 0 aliphatic carbocycles. The molecule has 110 valence electrons. The number of nitrogens with zero attached hydrogens (tertiary/aromatic N) is 1. The molecular weight excluding hydrogens is 354 g/mol. The Morgan fingerprint density at radius 3 is 2.29 bits per heavy atom. The summed E-state index contributed by atoms with van der Waals surface area (Å²) in [6.07, 6.45) is 0. The Bertz CT molecular complexity index is 676. The number of benzene rings is 1. The lowest BCUT2D eigenvalue weighted by Crippen LogP contribution is -2.27. The molecule has 1 amide bonds. The van der Waals surface area contributed by atoms with Gasteiger partial charge >= 0.3 is 0 Å². The van der Waals surface area contributed by atoms with Crippen LogP contribution < -0.4 is 5.32 Å². The molecule has 2 rings (SSSR count). The Balaban J connectivity index is 2.26. The van der Waals surface area contributed by atoms with Gasteiger partial charge in [0.2, 0.25) is 0 Å². The minimum atomic E-state index is -0.475. The zero-order valence-corrected chi connectivity index (χ0v) is 13.9. The monoisotopic (exact) mass is 362 g/mol. The van der Waals surface area contributed by atoms with Crippen LogP contribution in [0.3, 0.4) is 0 Å². The summed E-state index contributed by atoms with van der Waals surface area (Å²) in [4.78, 5) is 16.1. The van der Waals surface area contributed by atoms with Crippen molar-refractivity contribution in [3.63, 3.8) is 0 Å². The highest BCUT2D eigenvalue weighted by atomic mass is 35.5. The summed E-state index contributed by atoms with van der Waals surface area (Å²) < 4.78 is 0. The van der Waals surface area contributed by atoms with E-state index in [0.717, 1.165) is 5.56 Å². The highest BCUT2D eigenvalue weighted by molar-refractivity contribution is 6.52. The van der Waals surface area contributed by atoms with Gasteiger partial charge in [-0.1, -0.05) is 76.7 Å². The Morgan fingerprint density at radius 2 is 1.67 bits per heavy atom. The fraction of sp³-hybridized carbons (Fsp3) is 0.143. The van der Waals surface area contributed by atoms with E-state index in [0.29, 0.717) is 0 Å². The Hall–Kier alpha value is -1.00. The van der Waals surface area contributed by atoms with Crippen LogP contribution in [-0.4, -0.2) is 10.9 Å². The predicted molar refractivity (Wildman–Crippen MR) is 86.6 cm³/mol. The van der Waals surface area contributed by atoms with E-state index in [1.807, 2.05) is 37.3 Å². The number of hydrogen-bond donors (Lipinski definition) is 1. The van der Waals surface area contributed by atoms with Crippen LogP contribution in [-0.2, 0) is 0 Å². The molecule has 1 aromatic carbocycles. The Kier molecular flexibility index (Phi) is 5.33. The molecule has 0 radical (unpaired) electrons. The summed E-state index contributed by atoms with van der Waals surface area (Å²) in [5, 5.41) is 2.72. The molecule has 1 N–H and O–H groups in total. The normalized spacial score (nSPS) is 12.0. The molecule has 1 atom stereocenters. The highest BCUT2D eigenvalue weighted by Gasteiger charge is 2.21. The highest BCUT2D eigenvalue weighted by Crippen LogP contribution is 2.36. The summed E-state index contributed by atoms with van der Waals surface area (Å²) in [7, 11) is 0. The Morgan fingerprint density at radius 1 is 1.05 bits per heavy atom. The van der Waals surface area contributed by atoms with Gasteiger partial charge in [-0.3, -0.25) is 4.79 Å². The number of aromatic nitrogens is 1. The zero-order chi connectivity index (χ0) is 15.6. The lowest BCUT2D eigenvalue weighted by atomic mass is 10.1. The van der Waals surface area contributed by atoms with Gasteiger partial charge < -0.3 is 5.32 Å². The van der Waals surface area contributed by atoms with Crippen molar-refractivity contribution in [1.29, 1.82) is 0 Å². The number of pyridine rings is 1. The average molecular weight is 364 g/mol. The van der Waals surface area contributed by atoms with E-state index in [1.165, 1.54) is 0 Å². The molecule has 3 nitrogen and oxygen atoms in total. The van der Waals surface area contributed by atoms with Crippen molar-refractivity contribution in [2.24, 2.45) is 0 Å². The quantitative estimate of drug-likeness (QED) is 0.762. The maximum Gasteiger partial charge on any atom is 0.272 e. The zero-order valence-electron chi connectivity index (χ0n) is 10.8. The van der Waals surface area contributed by atoms with Crippen molar-refractivity contribution in [3.8, 4) is 0 Å². The fourth-order valence-electron chi connectivity index (χ4n) is 1.73. The van der Waals surface area contributed by atoms with Gasteiger partial charge in [0.1, 0.15) is 10.8 Å². The van der Waals surface area contributed by atoms with Crippen LogP contribution in [0.2, 0.25) is 20.2 Å². The van der Waals surface area contributed by atoms with E-state index < -0.39 is 5.91 Å². The molecule has 2 aromatic rings. The van der Waals surface area contributed by atoms with Crippen LogP contribution in [0.1, 0.15) is 29.0 Å². The molecule has 0 aliphatic rings. The van der Waals surface area contributed by atoms with Crippen LogP contribution in [0, 0.1) is 0 Å². The molecule has 0 fully saturated rings. The van der Waals surface area contributed by atoms with Gasteiger partial charge in [-0.05, 0) is 12.5 Å². The second-order valence-corrected chi connectivity index (χ2v) is 5.79. The van der Waals surface area contributed by atoms with Gasteiger partial charge in [0.25, 0.3) is 5.91 Å². The third-order valence-electron chi connectivity index (χ3n) is 2.85. The topological polar surface area (TPSA) is 42.0 Å². The third-order valence-corrected chi connectivity index (χ3v) is 4.52. The van der Waals surface area contributed by atoms with E-state index in [-0.39, 0.29) is 32.0 Å². The molecule has 1 aromatic heterocycles. The molecule has 21 heavy (non-hydrogen) atoms. The smallest absolute Gasteiger partial charge is 0.272 e. The number of carbonyl (C=O) groups excluding carboxylic acids is 1. The first-order valence-corrected chi connectivity index (χ1v) is 7.48. The number of carbonyl (C=O) groups is 1. The molecule has 0 spiro atoms. The summed E-state index contributed by atoms with van der Waals surface area (Å²) >= 11 is 23.6. The molecular formula is C14H10Cl4N2O. The lowest BCUT2D eigenvalue weighted by Gasteiger charge is -2.15. The molecule has 0 saturated heterocycles. The minimum Gasteiger partial charge on any atom is -0.344 e. The van der Waals surface area contributed by atoms with Gasteiger partial charge in [-0.15, -0.1) is 0 Å². The number of amides is 1.